The Morgan fingerprint density at radius 1 is 1.00 bits per heavy atom. The van der Waals surface area contributed by atoms with Crippen molar-refractivity contribution in [1.82, 2.24) is 10.1 Å². The highest BCUT2D eigenvalue weighted by molar-refractivity contribution is 6.30. The first-order chi connectivity index (χ1) is 14.7. The van der Waals surface area contributed by atoms with Crippen molar-refractivity contribution in [2.24, 2.45) is 0 Å². The number of amides is 1. The molecule has 0 atom stereocenters. The number of carbonyl (C=O) groups excluding carboxylic acids is 1. The molecule has 7 heteroatoms. The highest BCUT2D eigenvalue weighted by Gasteiger charge is 2.13. The zero-order valence-electron chi connectivity index (χ0n) is 15.9. The molecule has 6 nitrogen and oxygen atoms in total. The van der Waals surface area contributed by atoms with Crippen molar-refractivity contribution in [3.63, 3.8) is 0 Å². The number of para-hydroxylation sites is 3. The summed E-state index contributed by atoms with van der Waals surface area (Å²) in [5.74, 6) is 1.90. The average Bonchev–Trinajstić information content (AvgIpc) is 3.24. The molecule has 0 aliphatic rings. The van der Waals surface area contributed by atoms with Crippen LogP contribution in [0.2, 0.25) is 5.02 Å². The van der Waals surface area contributed by atoms with Crippen molar-refractivity contribution < 1.29 is 14.1 Å². The summed E-state index contributed by atoms with van der Waals surface area (Å²) < 4.78 is 11.1. The number of nitrogens with zero attached hydrogens (tertiary/aromatic N) is 2. The number of ether oxygens (including phenoxy) is 1. The molecule has 4 aromatic rings. The molecule has 0 spiro atoms. The Bertz CT molecular complexity index is 1150. The number of hydrogen-bond donors (Lipinski definition) is 1. The highest BCUT2D eigenvalue weighted by Crippen LogP contribution is 2.29. The van der Waals surface area contributed by atoms with Crippen LogP contribution in [0.15, 0.2) is 83.4 Å². The van der Waals surface area contributed by atoms with Gasteiger partial charge < -0.3 is 14.6 Å². The number of nitrogens with one attached hydrogen (secondary N) is 1. The quantitative estimate of drug-likeness (QED) is 0.412. The van der Waals surface area contributed by atoms with E-state index in [-0.39, 0.29) is 12.3 Å². The number of rotatable bonds is 7. The molecular weight excluding hydrogens is 402 g/mol. The lowest BCUT2D eigenvalue weighted by Gasteiger charge is -2.11. The van der Waals surface area contributed by atoms with Gasteiger partial charge in [0.25, 0.3) is 0 Å². The molecule has 0 saturated heterocycles. The largest absolute Gasteiger partial charge is 0.455 e. The van der Waals surface area contributed by atoms with Gasteiger partial charge in [-0.05, 0) is 36.4 Å². The molecule has 1 aromatic heterocycles. The Hall–Kier alpha value is -3.64. The van der Waals surface area contributed by atoms with E-state index in [9.17, 15) is 4.79 Å². The Labute approximate surface area is 178 Å². The molecule has 1 N–H and O–H groups in total. The van der Waals surface area contributed by atoms with Crippen LogP contribution in [-0.2, 0) is 11.2 Å². The predicted molar refractivity (Wildman–Crippen MR) is 115 cm³/mol. The molecule has 0 aliphatic heterocycles. The standard InChI is InChI=1S/C23H18ClN3O3/c24-17-8-6-7-16(15-17)23-26-22(30-27-23)14-13-21(28)25-19-11-4-5-12-20(19)29-18-9-2-1-3-10-18/h1-12,15H,13-14H2,(H,25,28). The van der Waals surface area contributed by atoms with Gasteiger partial charge >= 0.3 is 0 Å². The maximum Gasteiger partial charge on any atom is 0.227 e. The first-order valence-electron chi connectivity index (χ1n) is 9.38. The van der Waals surface area contributed by atoms with Gasteiger partial charge in [0.05, 0.1) is 5.69 Å². The third-order valence-corrected chi connectivity index (χ3v) is 4.48. The maximum atomic E-state index is 12.4. The van der Waals surface area contributed by atoms with E-state index < -0.39 is 0 Å². The lowest BCUT2D eigenvalue weighted by atomic mass is 10.2. The second kappa shape index (κ2) is 9.24. The normalized spacial score (nSPS) is 10.6. The summed E-state index contributed by atoms with van der Waals surface area (Å²) >= 11 is 6.00. The lowest BCUT2D eigenvalue weighted by molar-refractivity contribution is -0.116. The molecule has 1 heterocycles. The molecule has 1 amide bonds. The second-order valence-electron chi connectivity index (χ2n) is 6.48. The molecule has 0 unspecified atom stereocenters. The van der Waals surface area contributed by atoms with Gasteiger partial charge in [0, 0.05) is 23.4 Å². The van der Waals surface area contributed by atoms with Crippen molar-refractivity contribution >= 4 is 23.2 Å². The van der Waals surface area contributed by atoms with Crippen molar-refractivity contribution in [3.05, 3.63) is 89.8 Å². The minimum Gasteiger partial charge on any atom is -0.455 e. The summed E-state index contributed by atoms with van der Waals surface area (Å²) in [6.45, 7) is 0. The summed E-state index contributed by atoms with van der Waals surface area (Å²) in [6.07, 6.45) is 0.512. The Kier molecular flexibility index (Phi) is 6.06. The van der Waals surface area contributed by atoms with E-state index >= 15 is 0 Å². The van der Waals surface area contributed by atoms with Crippen LogP contribution in [0.3, 0.4) is 0 Å². The Balaban J connectivity index is 1.37. The number of benzene rings is 3. The molecule has 0 fully saturated rings. The molecular formula is C23H18ClN3O3. The fraction of sp³-hybridized carbons (Fsp3) is 0.0870. The molecule has 4 rings (SSSR count). The third-order valence-electron chi connectivity index (χ3n) is 4.25. The van der Waals surface area contributed by atoms with Crippen molar-refractivity contribution in [3.8, 4) is 22.9 Å². The second-order valence-corrected chi connectivity index (χ2v) is 6.92. The van der Waals surface area contributed by atoms with E-state index in [1.165, 1.54) is 0 Å². The summed E-state index contributed by atoms with van der Waals surface area (Å²) in [5.41, 5.74) is 1.35. The Morgan fingerprint density at radius 3 is 2.63 bits per heavy atom. The first kappa shape index (κ1) is 19.7. The first-order valence-corrected chi connectivity index (χ1v) is 9.75. The van der Waals surface area contributed by atoms with E-state index in [2.05, 4.69) is 15.5 Å². The van der Waals surface area contributed by atoms with Gasteiger partial charge in [0.15, 0.2) is 5.75 Å². The molecule has 0 saturated carbocycles. The molecule has 0 radical (unpaired) electrons. The number of aryl methyl sites for hydroxylation is 1. The van der Waals surface area contributed by atoms with E-state index in [0.29, 0.717) is 40.3 Å². The van der Waals surface area contributed by atoms with E-state index in [1.54, 1.807) is 24.3 Å². The van der Waals surface area contributed by atoms with Crippen molar-refractivity contribution in [2.45, 2.75) is 12.8 Å². The minimum atomic E-state index is -0.179. The highest BCUT2D eigenvalue weighted by atomic mass is 35.5. The van der Waals surface area contributed by atoms with Crippen LogP contribution in [0, 0.1) is 0 Å². The average molecular weight is 420 g/mol. The maximum absolute atomic E-state index is 12.4. The molecule has 0 aliphatic carbocycles. The van der Waals surface area contributed by atoms with Crippen LogP contribution in [0.25, 0.3) is 11.4 Å². The van der Waals surface area contributed by atoms with Gasteiger partial charge in [-0.25, -0.2) is 0 Å². The van der Waals surface area contributed by atoms with E-state index in [4.69, 9.17) is 20.9 Å². The third kappa shape index (κ3) is 5.04. The smallest absolute Gasteiger partial charge is 0.227 e. The summed E-state index contributed by atoms with van der Waals surface area (Å²) in [7, 11) is 0. The van der Waals surface area contributed by atoms with Crippen LogP contribution < -0.4 is 10.1 Å². The van der Waals surface area contributed by atoms with Crippen LogP contribution >= 0.6 is 11.6 Å². The van der Waals surface area contributed by atoms with Crippen LogP contribution in [0.5, 0.6) is 11.5 Å². The van der Waals surface area contributed by atoms with Crippen LogP contribution in [0.1, 0.15) is 12.3 Å². The van der Waals surface area contributed by atoms with Crippen LogP contribution in [0.4, 0.5) is 5.69 Å². The predicted octanol–water partition coefficient (Wildman–Crippen LogP) is 5.75. The van der Waals surface area contributed by atoms with Crippen molar-refractivity contribution in [1.29, 1.82) is 0 Å². The summed E-state index contributed by atoms with van der Waals surface area (Å²) in [6, 6.07) is 23.9. The fourth-order valence-electron chi connectivity index (χ4n) is 2.81. The topological polar surface area (TPSA) is 77.2 Å². The monoisotopic (exact) mass is 419 g/mol. The minimum absolute atomic E-state index is 0.179. The zero-order chi connectivity index (χ0) is 20.8. The number of carbonyl (C=O) groups is 1. The molecule has 30 heavy (non-hydrogen) atoms. The number of anilines is 1. The number of hydrogen-bond acceptors (Lipinski definition) is 5. The Morgan fingerprint density at radius 2 is 1.80 bits per heavy atom. The van der Waals surface area contributed by atoms with Crippen LogP contribution in [-0.4, -0.2) is 16.0 Å². The van der Waals surface area contributed by atoms with Gasteiger partial charge in [-0.3, -0.25) is 4.79 Å². The van der Waals surface area contributed by atoms with Crippen molar-refractivity contribution in [2.75, 3.05) is 5.32 Å². The van der Waals surface area contributed by atoms with Gasteiger partial charge in [-0.2, -0.15) is 4.98 Å². The SMILES string of the molecule is O=C(CCc1nc(-c2cccc(Cl)c2)no1)Nc1ccccc1Oc1ccccc1. The summed E-state index contributed by atoms with van der Waals surface area (Å²) in [5, 5.41) is 7.42. The fourth-order valence-corrected chi connectivity index (χ4v) is 3.00. The summed E-state index contributed by atoms with van der Waals surface area (Å²) in [4.78, 5) is 16.8. The number of halogens is 1. The van der Waals surface area contributed by atoms with Gasteiger partial charge in [-0.1, -0.05) is 59.2 Å². The molecule has 0 bridgehead atoms. The van der Waals surface area contributed by atoms with Gasteiger partial charge in [0.1, 0.15) is 5.75 Å². The van der Waals surface area contributed by atoms with E-state index in [1.807, 2.05) is 54.6 Å². The van der Waals surface area contributed by atoms with Gasteiger partial charge in [0.2, 0.25) is 17.6 Å². The number of aromatic nitrogens is 2. The molecule has 150 valence electrons. The zero-order valence-corrected chi connectivity index (χ0v) is 16.7. The van der Waals surface area contributed by atoms with Gasteiger partial charge in [-0.15, -0.1) is 0 Å². The van der Waals surface area contributed by atoms with E-state index in [0.717, 1.165) is 5.56 Å². The molecule has 3 aromatic carbocycles. The lowest BCUT2D eigenvalue weighted by Crippen LogP contribution is -2.13.